The smallest absolute Gasteiger partial charge is 0.330 e. The molecule has 28 heavy (non-hydrogen) atoms. The van der Waals surface area contributed by atoms with E-state index in [-0.39, 0.29) is 11.5 Å². The van der Waals surface area contributed by atoms with E-state index in [2.05, 4.69) is 37.0 Å². The van der Waals surface area contributed by atoms with Crippen LogP contribution in [0.1, 0.15) is 36.1 Å². The fourth-order valence-corrected chi connectivity index (χ4v) is 3.66. The van der Waals surface area contributed by atoms with Gasteiger partial charge in [-0.3, -0.25) is 9.98 Å². The summed E-state index contributed by atoms with van der Waals surface area (Å²) in [5, 5.41) is 1.09. The molecule has 1 aromatic heterocycles. The van der Waals surface area contributed by atoms with Crippen molar-refractivity contribution in [2.45, 2.75) is 25.8 Å². The Balaban J connectivity index is 1.86. The van der Waals surface area contributed by atoms with Gasteiger partial charge in [-0.25, -0.2) is 4.79 Å². The van der Waals surface area contributed by atoms with Crippen LogP contribution in [0, 0.1) is 0 Å². The lowest BCUT2D eigenvalue weighted by Crippen LogP contribution is -2.30. The number of hydrogen-bond acceptors (Lipinski definition) is 4. The first-order valence-corrected chi connectivity index (χ1v) is 9.30. The summed E-state index contributed by atoms with van der Waals surface area (Å²) in [7, 11) is 1.38. The van der Waals surface area contributed by atoms with Crippen LogP contribution in [0.25, 0.3) is 17.0 Å². The maximum atomic E-state index is 11.5. The average Bonchev–Trinajstić information content (AvgIpc) is 2.70. The van der Waals surface area contributed by atoms with Crippen molar-refractivity contribution in [2.75, 3.05) is 7.11 Å². The molecule has 0 atom stereocenters. The zero-order valence-corrected chi connectivity index (χ0v) is 16.3. The van der Waals surface area contributed by atoms with Crippen molar-refractivity contribution in [2.24, 2.45) is 4.99 Å². The van der Waals surface area contributed by atoms with Crippen LogP contribution in [0.15, 0.2) is 65.8 Å². The van der Waals surface area contributed by atoms with Crippen molar-refractivity contribution >= 4 is 28.7 Å². The highest BCUT2D eigenvalue weighted by atomic mass is 16.5. The largest absolute Gasteiger partial charge is 0.466 e. The molecule has 0 saturated carbocycles. The first kappa shape index (κ1) is 18.1. The number of aliphatic imine (C=N–C) groups is 1. The monoisotopic (exact) mass is 370 g/mol. The quantitative estimate of drug-likeness (QED) is 0.500. The Labute approximate surface area is 164 Å². The van der Waals surface area contributed by atoms with E-state index in [1.165, 1.54) is 18.7 Å². The van der Waals surface area contributed by atoms with E-state index in [0.717, 1.165) is 39.7 Å². The molecule has 0 spiro atoms. The summed E-state index contributed by atoms with van der Waals surface area (Å²) in [6.07, 6.45) is 5.98. The molecule has 0 aliphatic carbocycles. The van der Waals surface area contributed by atoms with Crippen molar-refractivity contribution in [3.05, 3.63) is 83.1 Å². The van der Waals surface area contributed by atoms with E-state index in [1.54, 1.807) is 0 Å². The maximum Gasteiger partial charge on any atom is 0.330 e. The Morgan fingerprint density at radius 3 is 2.79 bits per heavy atom. The second kappa shape index (κ2) is 7.04. The van der Waals surface area contributed by atoms with Gasteiger partial charge in [-0.15, -0.1) is 0 Å². The lowest BCUT2D eigenvalue weighted by Gasteiger charge is -2.30. The second-order valence-electron chi connectivity index (χ2n) is 7.60. The minimum Gasteiger partial charge on any atom is -0.466 e. The Morgan fingerprint density at radius 1 is 1.14 bits per heavy atom. The number of hydrogen-bond donors (Lipinski definition) is 0. The third-order valence-electron chi connectivity index (χ3n) is 4.96. The topological polar surface area (TPSA) is 51.5 Å². The first-order valence-electron chi connectivity index (χ1n) is 9.30. The van der Waals surface area contributed by atoms with Gasteiger partial charge in [0.25, 0.3) is 0 Å². The van der Waals surface area contributed by atoms with Crippen molar-refractivity contribution in [1.82, 2.24) is 4.98 Å². The van der Waals surface area contributed by atoms with Gasteiger partial charge >= 0.3 is 5.97 Å². The normalized spacial score (nSPS) is 15.3. The molecule has 0 saturated heterocycles. The van der Waals surface area contributed by atoms with Crippen molar-refractivity contribution in [1.29, 1.82) is 0 Å². The van der Waals surface area contributed by atoms with E-state index >= 15 is 0 Å². The van der Waals surface area contributed by atoms with Crippen LogP contribution in [-0.2, 0) is 16.0 Å². The van der Waals surface area contributed by atoms with Crippen LogP contribution >= 0.6 is 0 Å². The van der Waals surface area contributed by atoms with Crippen LogP contribution in [0.2, 0.25) is 0 Å². The Kier molecular flexibility index (Phi) is 4.55. The number of nitrogens with zero attached hydrogens (tertiary/aromatic N) is 2. The standard InChI is InChI=1S/C24H22N2O2/c1-24(2)14-20-16(11-12-22(27)28-3)8-6-9-19(20)23(26-24)18-13-17-7-4-5-10-21(17)25-15-18/h4-13,15H,14H2,1-3H3/b12-11+. The molecule has 4 nitrogen and oxygen atoms in total. The molecule has 1 aliphatic heterocycles. The van der Waals surface area contributed by atoms with Crippen molar-refractivity contribution in [3.8, 4) is 0 Å². The van der Waals surface area contributed by atoms with E-state index in [1.807, 2.05) is 42.6 Å². The fraction of sp³-hybridized carbons (Fsp3) is 0.208. The minimum absolute atomic E-state index is 0.247. The number of benzene rings is 2. The molecule has 1 aliphatic rings. The highest BCUT2D eigenvalue weighted by molar-refractivity contribution is 6.15. The third-order valence-corrected chi connectivity index (χ3v) is 4.96. The highest BCUT2D eigenvalue weighted by Crippen LogP contribution is 2.32. The molecule has 4 rings (SSSR count). The van der Waals surface area contributed by atoms with E-state index < -0.39 is 0 Å². The van der Waals surface area contributed by atoms with Crippen LogP contribution in [0.4, 0.5) is 0 Å². The lowest BCUT2D eigenvalue weighted by molar-refractivity contribution is -0.134. The second-order valence-corrected chi connectivity index (χ2v) is 7.60. The number of esters is 1. The summed E-state index contributed by atoms with van der Waals surface area (Å²) in [5.41, 5.74) is 5.95. The van der Waals surface area contributed by atoms with Crippen LogP contribution < -0.4 is 0 Å². The molecule has 0 bridgehead atoms. The predicted molar refractivity (Wildman–Crippen MR) is 113 cm³/mol. The van der Waals surface area contributed by atoms with Gasteiger partial charge in [0, 0.05) is 28.8 Å². The molecular weight excluding hydrogens is 348 g/mol. The maximum absolute atomic E-state index is 11.5. The average molecular weight is 370 g/mol. The summed E-state index contributed by atoms with van der Waals surface area (Å²) >= 11 is 0. The van der Waals surface area contributed by atoms with Gasteiger partial charge < -0.3 is 4.74 Å². The molecule has 0 N–H and O–H groups in total. The molecular formula is C24H22N2O2. The van der Waals surface area contributed by atoms with Gasteiger partial charge in [0.1, 0.15) is 0 Å². The Bertz CT molecular complexity index is 1130. The van der Waals surface area contributed by atoms with Gasteiger partial charge in [-0.1, -0.05) is 36.4 Å². The van der Waals surface area contributed by atoms with Gasteiger partial charge in [0.05, 0.1) is 23.9 Å². The molecule has 140 valence electrons. The van der Waals surface area contributed by atoms with Gasteiger partial charge in [-0.05, 0) is 49.6 Å². The number of fused-ring (bicyclic) bond motifs is 2. The van der Waals surface area contributed by atoms with Crippen molar-refractivity contribution in [3.63, 3.8) is 0 Å². The van der Waals surface area contributed by atoms with Crippen molar-refractivity contribution < 1.29 is 9.53 Å². The number of carbonyl (C=O) groups is 1. The molecule has 0 radical (unpaired) electrons. The number of methoxy groups -OCH3 is 1. The third kappa shape index (κ3) is 3.46. The van der Waals surface area contributed by atoms with Crippen LogP contribution in [0.3, 0.4) is 0 Å². The molecule has 2 aromatic carbocycles. The van der Waals surface area contributed by atoms with E-state index in [4.69, 9.17) is 9.73 Å². The molecule has 0 unspecified atom stereocenters. The number of para-hydroxylation sites is 1. The molecule has 0 amide bonds. The first-order chi connectivity index (χ1) is 13.5. The zero-order chi connectivity index (χ0) is 19.7. The molecule has 0 fully saturated rings. The Morgan fingerprint density at radius 2 is 1.96 bits per heavy atom. The number of aromatic nitrogens is 1. The molecule has 2 heterocycles. The Hall–Kier alpha value is -3.27. The fourth-order valence-electron chi connectivity index (χ4n) is 3.66. The number of ether oxygens (including phenoxy) is 1. The predicted octanol–water partition coefficient (Wildman–Crippen LogP) is 4.59. The summed E-state index contributed by atoms with van der Waals surface area (Å²) in [5.74, 6) is -0.361. The van der Waals surface area contributed by atoms with E-state index in [0.29, 0.717) is 0 Å². The number of pyridine rings is 1. The van der Waals surface area contributed by atoms with Crippen LogP contribution in [-0.4, -0.2) is 29.3 Å². The summed E-state index contributed by atoms with van der Waals surface area (Å²) in [6, 6.07) is 16.3. The highest BCUT2D eigenvalue weighted by Gasteiger charge is 2.29. The summed E-state index contributed by atoms with van der Waals surface area (Å²) in [4.78, 5) is 21.2. The molecule has 4 heteroatoms. The van der Waals surface area contributed by atoms with Crippen LogP contribution in [0.5, 0.6) is 0 Å². The van der Waals surface area contributed by atoms with Gasteiger partial charge in [-0.2, -0.15) is 0 Å². The van der Waals surface area contributed by atoms with E-state index in [9.17, 15) is 4.79 Å². The van der Waals surface area contributed by atoms with Gasteiger partial charge in [0.2, 0.25) is 0 Å². The SMILES string of the molecule is COC(=O)/C=C/c1cccc2c1CC(C)(C)N=C2c1cnc2ccccc2c1. The van der Waals surface area contributed by atoms with Gasteiger partial charge in [0.15, 0.2) is 0 Å². The summed E-state index contributed by atoms with van der Waals surface area (Å²) < 4.78 is 4.73. The minimum atomic E-state index is -0.361. The molecule has 3 aromatic rings. The zero-order valence-electron chi connectivity index (χ0n) is 16.3. The summed E-state index contributed by atoms with van der Waals surface area (Å²) in [6.45, 7) is 4.26. The lowest BCUT2D eigenvalue weighted by atomic mass is 9.82. The number of carbonyl (C=O) groups excluding carboxylic acids is 1. The number of rotatable bonds is 3.